The molecule has 1 N–H and O–H groups in total. The van der Waals surface area contributed by atoms with E-state index in [1.165, 1.54) is 18.6 Å². The first-order chi connectivity index (χ1) is 11.0. The van der Waals surface area contributed by atoms with E-state index in [1.54, 1.807) is 6.07 Å². The van der Waals surface area contributed by atoms with Crippen LogP contribution in [0.1, 0.15) is 24.8 Å². The van der Waals surface area contributed by atoms with Crippen LogP contribution in [0.2, 0.25) is 0 Å². The summed E-state index contributed by atoms with van der Waals surface area (Å²) in [4.78, 5) is 19.2. The predicted molar refractivity (Wildman–Crippen MR) is 92.0 cm³/mol. The van der Waals surface area contributed by atoms with Crippen molar-refractivity contribution in [3.63, 3.8) is 0 Å². The van der Waals surface area contributed by atoms with Gasteiger partial charge in [-0.25, -0.2) is 4.39 Å². The van der Waals surface area contributed by atoms with Crippen LogP contribution in [0.25, 0.3) is 10.9 Å². The molecule has 0 saturated carbocycles. The Morgan fingerprint density at radius 3 is 2.52 bits per heavy atom. The minimum atomic E-state index is -0.261. The van der Waals surface area contributed by atoms with Crippen molar-refractivity contribution in [2.24, 2.45) is 0 Å². The van der Waals surface area contributed by atoms with Crippen LogP contribution < -0.4 is 0 Å². The highest BCUT2D eigenvalue weighted by Gasteiger charge is 2.18. The fourth-order valence-corrected chi connectivity index (χ4v) is 2.72. The molecule has 2 aromatic rings. The molecule has 126 valence electrons. The van der Waals surface area contributed by atoms with E-state index in [-0.39, 0.29) is 11.7 Å². The van der Waals surface area contributed by atoms with E-state index >= 15 is 0 Å². The largest absolute Gasteiger partial charge is 0.361 e. The van der Waals surface area contributed by atoms with Gasteiger partial charge in [-0.3, -0.25) is 4.79 Å². The first-order valence-electron chi connectivity index (χ1n) is 8.11. The summed E-state index contributed by atoms with van der Waals surface area (Å²) in [6.07, 6.45) is 5.63. The standard InChI is InChI=1S/C15H17FN2O.C3H9N/c16-12-4-5-13-11(10-17-14(13)9-12)8-15(19)18-6-2-1-3-7-18;1-4(2)3/h4-5,9-10,17H,1-3,6-8H2;1-3H3. The van der Waals surface area contributed by atoms with E-state index in [1.807, 2.05) is 37.1 Å². The maximum Gasteiger partial charge on any atom is 0.227 e. The number of hydrogen-bond donors (Lipinski definition) is 1. The van der Waals surface area contributed by atoms with Crippen molar-refractivity contribution in [1.82, 2.24) is 14.8 Å². The minimum absolute atomic E-state index is 0.171. The number of piperidine rings is 1. The Bertz CT molecular complexity index is 642. The molecule has 0 radical (unpaired) electrons. The second-order valence-electron chi connectivity index (χ2n) is 6.46. The lowest BCUT2D eigenvalue weighted by Gasteiger charge is -2.26. The molecule has 0 spiro atoms. The molecule has 1 saturated heterocycles. The van der Waals surface area contributed by atoms with Crippen molar-refractivity contribution >= 4 is 16.8 Å². The normalized spacial score (nSPS) is 14.7. The molecular formula is C18H26FN3O. The molecule has 23 heavy (non-hydrogen) atoms. The number of carbonyl (C=O) groups is 1. The average molecular weight is 319 g/mol. The van der Waals surface area contributed by atoms with Crippen LogP contribution in [0.5, 0.6) is 0 Å². The Labute approximate surface area is 137 Å². The summed E-state index contributed by atoms with van der Waals surface area (Å²) >= 11 is 0. The van der Waals surface area contributed by atoms with Gasteiger partial charge in [-0.2, -0.15) is 0 Å². The summed E-state index contributed by atoms with van der Waals surface area (Å²) < 4.78 is 13.1. The number of aromatic amines is 1. The Kier molecular flexibility index (Phi) is 6.16. The summed E-state index contributed by atoms with van der Waals surface area (Å²) in [5, 5.41) is 0.937. The van der Waals surface area contributed by atoms with E-state index in [4.69, 9.17) is 0 Å². The Hall–Kier alpha value is -1.88. The fraction of sp³-hybridized carbons (Fsp3) is 0.500. The number of fused-ring (bicyclic) bond motifs is 1. The van der Waals surface area contributed by atoms with Crippen molar-refractivity contribution in [2.75, 3.05) is 34.2 Å². The summed E-state index contributed by atoms with van der Waals surface area (Å²) in [6.45, 7) is 1.74. The predicted octanol–water partition coefficient (Wildman–Crippen LogP) is 3.04. The lowest BCUT2D eigenvalue weighted by molar-refractivity contribution is -0.131. The SMILES string of the molecule is CN(C)C.O=C(Cc1c[nH]c2cc(F)ccc12)N1CCCCC1. The highest BCUT2D eigenvalue weighted by atomic mass is 19.1. The van der Waals surface area contributed by atoms with E-state index < -0.39 is 0 Å². The van der Waals surface area contributed by atoms with Gasteiger partial charge in [0.2, 0.25) is 5.91 Å². The monoisotopic (exact) mass is 319 g/mol. The molecule has 1 aliphatic heterocycles. The van der Waals surface area contributed by atoms with Gasteiger partial charge < -0.3 is 14.8 Å². The zero-order chi connectivity index (χ0) is 16.8. The number of likely N-dealkylation sites (tertiary alicyclic amines) is 1. The van der Waals surface area contributed by atoms with E-state index in [0.717, 1.165) is 42.4 Å². The fourth-order valence-electron chi connectivity index (χ4n) is 2.72. The number of aromatic nitrogens is 1. The molecule has 1 fully saturated rings. The lowest BCUT2D eigenvalue weighted by atomic mass is 10.1. The third-order valence-electron chi connectivity index (χ3n) is 3.78. The quantitative estimate of drug-likeness (QED) is 0.924. The molecule has 5 heteroatoms. The molecule has 0 aliphatic carbocycles. The average Bonchev–Trinajstić information content (AvgIpc) is 2.89. The van der Waals surface area contributed by atoms with Gasteiger partial charge in [0.1, 0.15) is 5.82 Å². The second-order valence-corrected chi connectivity index (χ2v) is 6.46. The molecule has 3 rings (SSSR count). The van der Waals surface area contributed by atoms with Crippen LogP contribution in [-0.2, 0) is 11.2 Å². The van der Waals surface area contributed by atoms with Crippen LogP contribution in [-0.4, -0.2) is 54.9 Å². The summed E-state index contributed by atoms with van der Waals surface area (Å²) in [5.74, 6) is -0.0896. The number of benzene rings is 1. The maximum absolute atomic E-state index is 13.1. The van der Waals surface area contributed by atoms with Gasteiger partial charge >= 0.3 is 0 Å². The third kappa shape index (κ3) is 5.06. The lowest BCUT2D eigenvalue weighted by Crippen LogP contribution is -2.36. The topological polar surface area (TPSA) is 39.3 Å². The molecule has 0 atom stereocenters. The van der Waals surface area contributed by atoms with Gasteiger partial charge in [0, 0.05) is 30.2 Å². The van der Waals surface area contributed by atoms with Gasteiger partial charge in [-0.1, -0.05) is 0 Å². The second kappa shape index (κ2) is 8.11. The van der Waals surface area contributed by atoms with Crippen molar-refractivity contribution in [3.05, 3.63) is 35.8 Å². The number of nitrogens with one attached hydrogen (secondary N) is 1. The number of rotatable bonds is 2. The number of carbonyl (C=O) groups excluding carboxylic acids is 1. The Balaban J connectivity index is 0.000000433. The van der Waals surface area contributed by atoms with Gasteiger partial charge in [0.05, 0.1) is 6.42 Å². The number of amides is 1. The van der Waals surface area contributed by atoms with Crippen LogP contribution in [0.15, 0.2) is 24.4 Å². The summed E-state index contributed by atoms with van der Waals surface area (Å²) in [6, 6.07) is 4.63. The molecule has 0 unspecified atom stereocenters. The van der Waals surface area contributed by atoms with Crippen LogP contribution >= 0.6 is 0 Å². The third-order valence-corrected chi connectivity index (χ3v) is 3.78. The van der Waals surface area contributed by atoms with Crippen molar-refractivity contribution in [3.8, 4) is 0 Å². The van der Waals surface area contributed by atoms with E-state index in [9.17, 15) is 9.18 Å². The van der Waals surface area contributed by atoms with Crippen LogP contribution in [0.3, 0.4) is 0 Å². The van der Waals surface area contributed by atoms with Gasteiger partial charge in [-0.05, 0) is 64.2 Å². The van der Waals surface area contributed by atoms with Crippen molar-refractivity contribution in [1.29, 1.82) is 0 Å². The van der Waals surface area contributed by atoms with Crippen molar-refractivity contribution in [2.45, 2.75) is 25.7 Å². The maximum atomic E-state index is 13.1. The Morgan fingerprint density at radius 1 is 1.22 bits per heavy atom. The van der Waals surface area contributed by atoms with Crippen molar-refractivity contribution < 1.29 is 9.18 Å². The van der Waals surface area contributed by atoms with Gasteiger partial charge in [0.25, 0.3) is 0 Å². The minimum Gasteiger partial charge on any atom is -0.361 e. The molecule has 2 heterocycles. The summed E-state index contributed by atoms with van der Waals surface area (Å²) in [7, 11) is 6.00. The zero-order valence-electron chi connectivity index (χ0n) is 14.2. The number of H-pyrrole nitrogens is 1. The van der Waals surface area contributed by atoms with Crippen LogP contribution in [0.4, 0.5) is 4.39 Å². The zero-order valence-corrected chi connectivity index (χ0v) is 14.2. The molecular weight excluding hydrogens is 293 g/mol. The highest BCUT2D eigenvalue weighted by Crippen LogP contribution is 2.21. The summed E-state index contributed by atoms with van der Waals surface area (Å²) in [5.41, 5.74) is 1.70. The Morgan fingerprint density at radius 2 is 1.87 bits per heavy atom. The molecule has 1 aliphatic rings. The van der Waals surface area contributed by atoms with Crippen LogP contribution in [0, 0.1) is 5.82 Å². The first kappa shape index (κ1) is 17.5. The molecule has 1 amide bonds. The number of hydrogen-bond acceptors (Lipinski definition) is 2. The number of nitrogens with zero attached hydrogens (tertiary/aromatic N) is 2. The smallest absolute Gasteiger partial charge is 0.227 e. The van der Waals surface area contributed by atoms with E-state index in [2.05, 4.69) is 4.98 Å². The molecule has 4 nitrogen and oxygen atoms in total. The highest BCUT2D eigenvalue weighted by molar-refractivity contribution is 5.89. The first-order valence-corrected chi connectivity index (χ1v) is 8.11. The van der Waals surface area contributed by atoms with Gasteiger partial charge in [-0.15, -0.1) is 0 Å². The molecule has 0 bridgehead atoms. The van der Waals surface area contributed by atoms with E-state index in [0.29, 0.717) is 6.42 Å². The molecule has 1 aromatic heterocycles. The van der Waals surface area contributed by atoms with Gasteiger partial charge in [0.15, 0.2) is 0 Å². The number of halogens is 1. The molecule has 1 aromatic carbocycles.